The van der Waals surface area contributed by atoms with Gasteiger partial charge in [0.25, 0.3) is 0 Å². The number of anilines is 1. The van der Waals surface area contributed by atoms with Crippen molar-refractivity contribution in [2.24, 2.45) is 9.98 Å². The Morgan fingerprint density at radius 1 is 1.30 bits per heavy atom. The molecule has 10 heteroatoms. The zero-order valence-electron chi connectivity index (χ0n) is 14.5. The third kappa shape index (κ3) is 3.93. The molecule has 2 aromatic rings. The Bertz CT molecular complexity index is 901. The van der Waals surface area contributed by atoms with Gasteiger partial charge in [-0.15, -0.1) is 0 Å². The van der Waals surface area contributed by atoms with Gasteiger partial charge in [-0.25, -0.2) is 19.4 Å². The number of imidazole rings is 1. The fourth-order valence-corrected chi connectivity index (χ4v) is 2.66. The van der Waals surface area contributed by atoms with Crippen LogP contribution in [0.25, 0.3) is 11.4 Å². The molecule has 0 bridgehead atoms. The first-order chi connectivity index (χ1) is 12.7. The normalized spacial score (nSPS) is 17.3. The molecular weight excluding hydrogens is 366 g/mol. The number of aromatic nitrogens is 2. The van der Waals surface area contributed by atoms with Gasteiger partial charge < -0.3 is 15.5 Å². The Morgan fingerprint density at radius 2 is 2.04 bits per heavy atom. The molecule has 0 radical (unpaired) electrons. The number of aromatic amines is 1. The maximum Gasteiger partial charge on any atom is 0.417 e. The number of benzene rings is 1. The van der Waals surface area contributed by atoms with E-state index in [1.54, 1.807) is 0 Å². The fourth-order valence-electron chi connectivity index (χ4n) is 2.66. The Balaban J connectivity index is 1.94. The summed E-state index contributed by atoms with van der Waals surface area (Å²) < 4.78 is 59.2. The third-order valence-electron chi connectivity index (χ3n) is 3.80. The molecule has 0 spiro atoms. The summed E-state index contributed by atoms with van der Waals surface area (Å²) in [5.74, 6) is -1.78. The quantitative estimate of drug-likeness (QED) is 0.791. The molecule has 0 saturated carbocycles. The van der Waals surface area contributed by atoms with Gasteiger partial charge in [0.1, 0.15) is 17.5 Å². The summed E-state index contributed by atoms with van der Waals surface area (Å²) in [6.45, 7) is 3.87. The van der Waals surface area contributed by atoms with E-state index < -0.39 is 29.0 Å². The predicted octanol–water partition coefficient (Wildman–Crippen LogP) is 3.77. The number of hydrogen-bond acceptors (Lipinski definition) is 5. The van der Waals surface area contributed by atoms with Gasteiger partial charge in [-0.3, -0.25) is 0 Å². The summed E-state index contributed by atoms with van der Waals surface area (Å²) in [5, 5.41) is 0. The second kappa shape index (κ2) is 7.01. The lowest BCUT2D eigenvalue weighted by molar-refractivity contribution is -0.137. The molecule has 0 amide bonds. The van der Waals surface area contributed by atoms with Crippen molar-refractivity contribution in [1.29, 1.82) is 0 Å². The number of nitrogens with zero attached hydrogens (tertiary/aromatic N) is 3. The molecule has 2 heterocycles. The van der Waals surface area contributed by atoms with Crippen LogP contribution in [0.2, 0.25) is 0 Å². The highest BCUT2D eigenvalue weighted by Gasteiger charge is 2.36. The summed E-state index contributed by atoms with van der Waals surface area (Å²) in [4.78, 5) is 14.9. The molecule has 1 atom stereocenters. The number of aliphatic imine (C=N–C) groups is 2. The molecule has 144 valence electrons. The van der Waals surface area contributed by atoms with E-state index in [1.807, 2.05) is 13.8 Å². The van der Waals surface area contributed by atoms with Crippen LogP contribution >= 0.6 is 0 Å². The van der Waals surface area contributed by atoms with Gasteiger partial charge in [0.15, 0.2) is 0 Å². The van der Waals surface area contributed by atoms with E-state index in [0.717, 1.165) is 18.2 Å². The Kier molecular flexibility index (Phi) is 4.90. The van der Waals surface area contributed by atoms with Crippen LogP contribution in [0.3, 0.4) is 0 Å². The summed E-state index contributed by atoms with van der Waals surface area (Å²) >= 11 is 0. The minimum Gasteiger partial charge on any atom is -0.461 e. The average molecular weight is 383 g/mol. The fraction of sp³-hybridized carbons (Fsp3) is 0.353. The number of H-pyrrole nitrogens is 1. The van der Waals surface area contributed by atoms with Gasteiger partial charge in [0.05, 0.1) is 35.4 Å². The van der Waals surface area contributed by atoms with Gasteiger partial charge in [0.2, 0.25) is 0 Å². The minimum absolute atomic E-state index is 0.0289. The van der Waals surface area contributed by atoms with Crippen molar-refractivity contribution in [2.75, 3.05) is 12.3 Å². The number of rotatable bonds is 3. The van der Waals surface area contributed by atoms with E-state index in [-0.39, 0.29) is 36.0 Å². The first-order valence-electron chi connectivity index (χ1n) is 8.13. The second-order valence-corrected chi connectivity index (χ2v) is 6.22. The molecule has 1 unspecified atom stereocenters. The summed E-state index contributed by atoms with van der Waals surface area (Å²) in [5.41, 5.74) is 4.31. The Morgan fingerprint density at radius 3 is 2.63 bits per heavy atom. The van der Waals surface area contributed by atoms with E-state index in [9.17, 15) is 17.6 Å². The minimum atomic E-state index is -4.74. The lowest BCUT2D eigenvalue weighted by Gasteiger charge is -2.15. The van der Waals surface area contributed by atoms with E-state index in [2.05, 4.69) is 20.0 Å². The van der Waals surface area contributed by atoms with Crippen LogP contribution in [0.4, 0.5) is 23.4 Å². The van der Waals surface area contributed by atoms with Crippen LogP contribution in [-0.4, -0.2) is 34.9 Å². The molecule has 1 aromatic heterocycles. The zero-order chi connectivity index (χ0) is 19.8. The van der Waals surface area contributed by atoms with Crippen molar-refractivity contribution in [3.63, 3.8) is 0 Å². The lowest BCUT2D eigenvalue weighted by Crippen LogP contribution is -2.18. The van der Waals surface area contributed by atoms with Crippen LogP contribution in [0.1, 0.15) is 31.0 Å². The molecule has 1 aliphatic heterocycles. The van der Waals surface area contributed by atoms with E-state index in [1.165, 1.54) is 6.21 Å². The summed E-state index contributed by atoms with van der Waals surface area (Å²) in [7, 11) is 0. The standard InChI is InChI=1S/C17H17F4N5O/c1-8(2)27-16-23-6-9(7-24-16)13-14(22)26-15(25-13)12-10(17(19,20)21)4-3-5-11(12)18/h3-6,8-9H,7,22H2,1-2H3,(H,25,26). The highest BCUT2D eigenvalue weighted by atomic mass is 19.4. The first kappa shape index (κ1) is 18.9. The molecule has 1 aliphatic rings. The average Bonchev–Trinajstić information content (AvgIpc) is 2.95. The molecule has 0 saturated heterocycles. The highest BCUT2D eigenvalue weighted by molar-refractivity contribution is 5.88. The number of alkyl halides is 3. The molecule has 27 heavy (non-hydrogen) atoms. The molecular formula is C17H17F4N5O. The van der Waals surface area contributed by atoms with Crippen LogP contribution < -0.4 is 5.73 Å². The lowest BCUT2D eigenvalue weighted by atomic mass is 10.1. The second-order valence-electron chi connectivity index (χ2n) is 6.22. The molecule has 0 aliphatic carbocycles. The van der Waals surface area contributed by atoms with Gasteiger partial charge in [0, 0.05) is 6.21 Å². The Hall–Kier alpha value is -2.91. The maximum atomic E-state index is 14.2. The smallest absolute Gasteiger partial charge is 0.417 e. The van der Waals surface area contributed by atoms with Gasteiger partial charge in [-0.1, -0.05) is 6.07 Å². The highest BCUT2D eigenvalue weighted by Crippen LogP contribution is 2.38. The van der Waals surface area contributed by atoms with Crippen molar-refractivity contribution in [3.05, 3.63) is 35.3 Å². The number of nitrogens with two attached hydrogens (primary N) is 1. The van der Waals surface area contributed by atoms with Crippen molar-refractivity contribution in [3.8, 4) is 11.4 Å². The molecule has 6 nitrogen and oxygen atoms in total. The number of ether oxygens (including phenoxy) is 1. The van der Waals surface area contributed by atoms with Crippen molar-refractivity contribution >= 4 is 18.1 Å². The molecule has 3 N–H and O–H groups in total. The SMILES string of the molecule is CC(C)OC1=NCC(c2nc(-c3c(F)cccc3C(F)(F)F)[nH]c2N)C=N1. The van der Waals surface area contributed by atoms with Gasteiger partial charge in [-0.2, -0.15) is 13.2 Å². The number of nitrogen functional groups attached to an aromatic ring is 1. The van der Waals surface area contributed by atoms with Crippen LogP contribution in [0, 0.1) is 5.82 Å². The number of nitrogens with one attached hydrogen (secondary N) is 1. The predicted molar refractivity (Wildman–Crippen MR) is 93.2 cm³/mol. The van der Waals surface area contributed by atoms with Crippen LogP contribution in [0.15, 0.2) is 28.2 Å². The van der Waals surface area contributed by atoms with E-state index in [0.29, 0.717) is 0 Å². The summed E-state index contributed by atoms with van der Waals surface area (Å²) in [6.07, 6.45) is -3.33. The first-order valence-corrected chi connectivity index (χ1v) is 8.13. The van der Waals surface area contributed by atoms with E-state index >= 15 is 0 Å². The Labute approximate surface area is 152 Å². The monoisotopic (exact) mass is 383 g/mol. The van der Waals surface area contributed by atoms with Crippen molar-refractivity contribution < 1.29 is 22.3 Å². The molecule has 1 aromatic carbocycles. The van der Waals surface area contributed by atoms with Gasteiger partial charge in [-0.05, 0) is 26.0 Å². The summed E-state index contributed by atoms with van der Waals surface area (Å²) in [6, 6.07) is 2.93. The van der Waals surface area contributed by atoms with E-state index in [4.69, 9.17) is 10.5 Å². The van der Waals surface area contributed by atoms with Crippen molar-refractivity contribution in [1.82, 2.24) is 9.97 Å². The van der Waals surface area contributed by atoms with Crippen molar-refractivity contribution in [2.45, 2.75) is 32.0 Å². The third-order valence-corrected chi connectivity index (χ3v) is 3.80. The number of halogens is 4. The number of amidine groups is 1. The maximum absolute atomic E-state index is 14.2. The topological polar surface area (TPSA) is 88.7 Å². The van der Waals surface area contributed by atoms with Crippen LogP contribution in [-0.2, 0) is 10.9 Å². The largest absolute Gasteiger partial charge is 0.461 e. The zero-order valence-corrected chi connectivity index (χ0v) is 14.5. The molecule has 0 fully saturated rings. The van der Waals surface area contributed by atoms with Crippen LogP contribution in [0.5, 0.6) is 0 Å². The number of hydrogen-bond donors (Lipinski definition) is 2. The van der Waals surface area contributed by atoms with Gasteiger partial charge >= 0.3 is 12.2 Å². The molecule has 3 rings (SSSR count).